The Bertz CT molecular complexity index is 1170. The first-order chi connectivity index (χ1) is 17.7. The molecule has 0 atom stereocenters. The summed E-state index contributed by atoms with van der Waals surface area (Å²) in [7, 11) is 6.66. The van der Waals surface area contributed by atoms with Crippen molar-refractivity contribution in [3.05, 3.63) is 62.1 Å². The van der Waals surface area contributed by atoms with Crippen LogP contribution in [0.25, 0.3) is 5.57 Å². The molecule has 0 aliphatic carbocycles. The first kappa shape index (κ1) is 28.1. The van der Waals surface area contributed by atoms with Crippen LogP contribution in [0.1, 0.15) is 44.7 Å². The van der Waals surface area contributed by atoms with E-state index in [1.165, 1.54) is 35.5 Å². The maximum Gasteiger partial charge on any atom is 0.409 e. The molecule has 1 saturated heterocycles. The van der Waals surface area contributed by atoms with E-state index in [1.54, 1.807) is 29.2 Å². The van der Waals surface area contributed by atoms with Gasteiger partial charge in [0.1, 0.15) is 11.1 Å². The lowest BCUT2D eigenvalue weighted by molar-refractivity contribution is 0.0588. The highest BCUT2D eigenvalue weighted by Crippen LogP contribution is 2.41. The molecule has 0 saturated carbocycles. The van der Waals surface area contributed by atoms with Crippen molar-refractivity contribution in [2.75, 3.05) is 48.6 Å². The number of amides is 1. The van der Waals surface area contributed by atoms with E-state index in [9.17, 15) is 14.4 Å². The number of carbonyl (C=O) groups excluding carboxylic acids is 3. The fourth-order valence-corrected chi connectivity index (χ4v) is 4.92. The van der Waals surface area contributed by atoms with Crippen LogP contribution in [0.15, 0.2) is 29.8 Å². The molecular weight excluding hydrogens is 525 g/mol. The predicted molar refractivity (Wildman–Crippen MR) is 138 cm³/mol. The number of carbonyl (C=O) groups is 3. The molecule has 1 amide bonds. The maximum atomic E-state index is 12.6. The molecular formula is C26H27Cl2NO8. The lowest BCUT2D eigenvalue weighted by Gasteiger charge is -2.29. The second-order valence-electron chi connectivity index (χ2n) is 8.00. The molecule has 3 rings (SSSR count). The molecule has 198 valence electrons. The lowest BCUT2D eigenvalue weighted by atomic mass is 9.87. The molecule has 0 N–H and O–H groups in total. The maximum absolute atomic E-state index is 12.6. The van der Waals surface area contributed by atoms with Crippen molar-refractivity contribution in [1.29, 1.82) is 0 Å². The van der Waals surface area contributed by atoms with Crippen LogP contribution in [0, 0.1) is 0 Å². The van der Waals surface area contributed by atoms with Gasteiger partial charge in [0.2, 0.25) is 0 Å². The van der Waals surface area contributed by atoms with E-state index in [0.717, 1.165) is 5.57 Å². The van der Waals surface area contributed by atoms with Gasteiger partial charge in [-0.3, -0.25) is 0 Å². The van der Waals surface area contributed by atoms with Gasteiger partial charge in [0, 0.05) is 13.1 Å². The third-order valence-electron chi connectivity index (χ3n) is 6.04. The van der Waals surface area contributed by atoms with E-state index < -0.39 is 18.0 Å². The lowest BCUT2D eigenvalue weighted by Crippen LogP contribution is -2.36. The summed E-state index contributed by atoms with van der Waals surface area (Å²) >= 11 is 13.1. The Hall–Kier alpha value is -3.43. The number of piperidine rings is 1. The Balaban J connectivity index is 2.30. The van der Waals surface area contributed by atoms with Crippen LogP contribution in [-0.2, 0) is 14.2 Å². The van der Waals surface area contributed by atoms with Crippen LogP contribution in [0.5, 0.6) is 11.5 Å². The number of halogens is 2. The molecule has 1 heterocycles. The number of rotatable bonds is 6. The summed E-state index contributed by atoms with van der Waals surface area (Å²) in [6.07, 6.45) is 0.582. The van der Waals surface area contributed by atoms with Crippen molar-refractivity contribution < 1.29 is 38.1 Å². The summed E-state index contributed by atoms with van der Waals surface area (Å²) < 4.78 is 25.4. The first-order valence-corrected chi connectivity index (χ1v) is 11.9. The van der Waals surface area contributed by atoms with Crippen molar-refractivity contribution in [3.8, 4) is 11.5 Å². The normalized spacial score (nSPS) is 13.1. The number of hydrogen-bond acceptors (Lipinski definition) is 8. The zero-order valence-corrected chi connectivity index (χ0v) is 22.6. The third-order valence-corrected chi connectivity index (χ3v) is 6.60. The summed E-state index contributed by atoms with van der Waals surface area (Å²) in [5.41, 5.74) is 3.05. The van der Waals surface area contributed by atoms with Gasteiger partial charge in [0.25, 0.3) is 0 Å². The van der Waals surface area contributed by atoms with Crippen molar-refractivity contribution in [2.45, 2.75) is 12.8 Å². The van der Waals surface area contributed by atoms with E-state index in [4.69, 9.17) is 46.9 Å². The van der Waals surface area contributed by atoms with Crippen LogP contribution in [0.4, 0.5) is 4.79 Å². The van der Waals surface area contributed by atoms with Crippen LogP contribution >= 0.6 is 23.2 Å². The monoisotopic (exact) mass is 551 g/mol. The zero-order valence-electron chi connectivity index (χ0n) is 21.1. The van der Waals surface area contributed by atoms with Gasteiger partial charge in [-0.2, -0.15) is 0 Å². The third kappa shape index (κ3) is 5.78. The molecule has 2 aromatic rings. The molecule has 37 heavy (non-hydrogen) atoms. The van der Waals surface area contributed by atoms with Crippen molar-refractivity contribution in [1.82, 2.24) is 4.90 Å². The van der Waals surface area contributed by atoms with E-state index in [2.05, 4.69) is 0 Å². The van der Waals surface area contributed by atoms with Crippen molar-refractivity contribution in [2.24, 2.45) is 0 Å². The number of methoxy groups -OCH3 is 5. The number of benzene rings is 2. The smallest absolute Gasteiger partial charge is 0.409 e. The second kappa shape index (κ2) is 12.2. The average molecular weight is 552 g/mol. The molecule has 1 fully saturated rings. The van der Waals surface area contributed by atoms with E-state index in [1.807, 2.05) is 0 Å². The average Bonchev–Trinajstić information content (AvgIpc) is 2.91. The van der Waals surface area contributed by atoms with Crippen LogP contribution in [0.3, 0.4) is 0 Å². The van der Waals surface area contributed by atoms with Gasteiger partial charge in [-0.05, 0) is 53.8 Å². The SMILES string of the molecule is COC(=O)c1cc(C(=C2CCN(C(=O)OC)CC2)c2cc(Cl)c(OC)c(C(=O)OC)c2)cc(Cl)c1OC. The summed E-state index contributed by atoms with van der Waals surface area (Å²) in [4.78, 5) is 38.8. The van der Waals surface area contributed by atoms with Gasteiger partial charge in [0.15, 0.2) is 11.5 Å². The van der Waals surface area contributed by atoms with Gasteiger partial charge in [-0.15, -0.1) is 0 Å². The summed E-state index contributed by atoms with van der Waals surface area (Å²) in [6, 6.07) is 6.55. The Kier molecular flexibility index (Phi) is 9.29. The fourth-order valence-electron chi connectivity index (χ4n) is 4.33. The number of hydrogen-bond donors (Lipinski definition) is 0. The van der Waals surface area contributed by atoms with Gasteiger partial charge >= 0.3 is 18.0 Å². The van der Waals surface area contributed by atoms with Gasteiger partial charge < -0.3 is 28.6 Å². The quantitative estimate of drug-likeness (QED) is 0.354. The minimum Gasteiger partial charge on any atom is -0.494 e. The summed E-state index contributed by atoms with van der Waals surface area (Å²) in [6.45, 7) is 0.819. The highest BCUT2D eigenvalue weighted by atomic mass is 35.5. The van der Waals surface area contributed by atoms with Crippen LogP contribution in [-0.4, -0.2) is 71.6 Å². The summed E-state index contributed by atoms with van der Waals surface area (Å²) in [5.74, 6) is -0.919. The number of ether oxygens (including phenoxy) is 5. The van der Waals surface area contributed by atoms with Crippen molar-refractivity contribution >= 4 is 46.8 Å². The molecule has 0 spiro atoms. The van der Waals surface area contributed by atoms with E-state index in [0.29, 0.717) is 42.6 Å². The molecule has 9 nitrogen and oxygen atoms in total. The summed E-state index contributed by atoms with van der Waals surface area (Å²) in [5, 5.41) is 0.386. The minimum absolute atomic E-state index is 0.130. The standard InChI is InChI=1S/C26H27Cl2NO8/c1-33-22-17(24(30)35-3)10-15(12-19(22)27)21(14-6-8-29(9-7-14)26(32)37-5)16-11-18(25(31)36-4)23(34-2)20(28)13-16/h10-13H,6-9H2,1-5H3. The fraction of sp³-hybridized carbons (Fsp3) is 0.346. The molecule has 11 heteroatoms. The van der Waals surface area contributed by atoms with E-state index >= 15 is 0 Å². The first-order valence-electron chi connectivity index (χ1n) is 11.2. The minimum atomic E-state index is -0.631. The molecule has 1 aliphatic rings. The zero-order chi connectivity index (χ0) is 27.3. The Morgan fingerprint density at radius 3 is 1.49 bits per heavy atom. The molecule has 2 aromatic carbocycles. The van der Waals surface area contributed by atoms with E-state index in [-0.39, 0.29) is 32.7 Å². The molecule has 0 unspecified atom stereocenters. The van der Waals surface area contributed by atoms with Crippen LogP contribution in [0.2, 0.25) is 10.0 Å². The molecule has 1 aliphatic heterocycles. The Morgan fingerprint density at radius 1 is 0.703 bits per heavy atom. The van der Waals surface area contributed by atoms with Crippen LogP contribution < -0.4 is 9.47 Å². The van der Waals surface area contributed by atoms with Crippen molar-refractivity contribution in [3.63, 3.8) is 0 Å². The van der Waals surface area contributed by atoms with Gasteiger partial charge in [-0.1, -0.05) is 28.8 Å². The topological polar surface area (TPSA) is 101 Å². The van der Waals surface area contributed by atoms with Gasteiger partial charge in [0.05, 0.1) is 45.6 Å². The predicted octanol–water partition coefficient (Wildman–Crippen LogP) is 5.25. The largest absolute Gasteiger partial charge is 0.494 e. The Labute approximate surface area is 224 Å². The molecule has 0 radical (unpaired) electrons. The number of nitrogens with zero attached hydrogens (tertiary/aromatic N) is 1. The molecule has 0 aromatic heterocycles. The Morgan fingerprint density at radius 2 is 1.14 bits per heavy atom. The molecule has 0 bridgehead atoms. The second-order valence-corrected chi connectivity index (χ2v) is 8.81. The van der Waals surface area contributed by atoms with Gasteiger partial charge in [-0.25, -0.2) is 14.4 Å². The number of esters is 2. The number of likely N-dealkylation sites (tertiary alicyclic amines) is 1. The highest BCUT2D eigenvalue weighted by molar-refractivity contribution is 6.33. The highest BCUT2D eigenvalue weighted by Gasteiger charge is 2.27.